The highest BCUT2D eigenvalue weighted by Crippen LogP contribution is 2.30. The fourth-order valence-corrected chi connectivity index (χ4v) is 4.30. The zero-order chi connectivity index (χ0) is 21.8. The van der Waals surface area contributed by atoms with Crippen LogP contribution in [0.3, 0.4) is 0 Å². The molecule has 1 aromatic heterocycles. The zero-order valence-corrected chi connectivity index (χ0v) is 17.9. The number of para-hydroxylation sites is 1. The van der Waals surface area contributed by atoms with E-state index in [1.54, 1.807) is 0 Å². The van der Waals surface area contributed by atoms with Crippen LogP contribution in [0.4, 0.5) is 5.82 Å². The Bertz CT molecular complexity index is 1200. The summed E-state index contributed by atoms with van der Waals surface area (Å²) in [6, 6.07) is 28.3. The summed E-state index contributed by atoms with van der Waals surface area (Å²) in [5.41, 5.74) is 3.08. The minimum absolute atomic E-state index is 0.0386. The third kappa shape index (κ3) is 4.33. The van der Waals surface area contributed by atoms with Crippen molar-refractivity contribution < 1.29 is 4.79 Å². The first-order valence-electron chi connectivity index (χ1n) is 11.2. The van der Waals surface area contributed by atoms with Crippen molar-refractivity contribution in [3.8, 4) is 11.4 Å². The first kappa shape index (κ1) is 20.2. The number of carbonyl (C=O) groups is 1. The van der Waals surface area contributed by atoms with Crippen molar-refractivity contribution in [2.24, 2.45) is 5.92 Å². The van der Waals surface area contributed by atoms with E-state index >= 15 is 0 Å². The number of aromatic nitrogens is 2. The van der Waals surface area contributed by atoms with Crippen LogP contribution in [0, 0.1) is 5.92 Å². The highest BCUT2D eigenvalue weighted by Gasteiger charge is 2.26. The lowest BCUT2D eigenvalue weighted by molar-refractivity contribution is -0.125. The van der Waals surface area contributed by atoms with E-state index < -0.39 is 0 Å². The van der Waals surface area contributed by atoms with Crippen molar-refractivity contribution in [3.05, 3.63) is 90.5 Å². The van der Waals surface area contributed by atoms with Gasteiger partial charge in [-0.05, 0) is 30.5 Å². The molecular formula is C27H26N4O. The van der Waals surface area contributed by atoms with Gasteiger partial charge in [-0.25, -0.2) is 9.97 Å². The molecule has 32 heavy (non-hydrogen) atoms. The zero-order valence-electron chi connectivity index (χ0n) is 17.9. The van der Waals surface area contributed by atoms with Gasteiger partial charge in [0, 0.05) is 36.5 Å². The van der Waals surface area contributed by atoms with Crippen molar-refractivity contribution in [1.82, 2.24) is 15.3 Å². The number of benzene rings is 3. The molecule has 5 nitrogen and oxygen atoms in total. The lowest BCUT2D eigenvalue weighted by atomic mass is 9.95. The molecule has 3 aromatic carbocycles. The van der Waals surface area contributed by atoms with Gasteiger partial charge in [-0.1, -0.05) is 72.8 Å². The molecule has 1 aliphatic rings. The molecule has 5 heteroatoms. The van der Waals surface area contributed by atoms with E-state index in [-0.39, 0.29) is 11.8 Å². The topological polar surface area (TPSA) is 58.1 Å². The molecule has 0 spiro atoms. The van der Waals surface area contributed by atoms with Crippen molar-refractivity contribution >= 4 is 22.6 Å². The molecule has 1 aliphatic heterocycles. The van der Waals surface area contributed by atoms with E-state index in [4.69, 9.17) is 9.97 Å². The number of rotatable bonds is 5. The number of piperidine rings is 1. The third-order valence-corrected chi connectivity index (χ3v) is 6.09. The van der Waals surface area contributed by atoms with Gasteiger partial charge in [0.15, 0.2) is 5.82 Å². The molecule has 0 saturated carbocycles. The molecule has 1 fully saturated rings. The maximum atomic E-state index is 12.7. The second kappa shape index (κ2) is 9.18. The van der Waals surface area contributed by atoms with Gasteiger partial charge in [-0.15, -0.1) is 0 Å². The third-order valence-electron chi connectivity index (χ3n) is 6.09. The number of carbonyl (C=O) groups excluding carboxylic acids is 1. The summed E-state index contributed by atoms with van der Waals surface area (Å²) in [7, 11) is 0. The summed E-state index contributed by atoms with van der Waals surface area (Å²) >= 11 is 0. The molecule has 5 rings (SSSR count). The molecule has 4 aromatic rings. The molecule has 2 heterocycles. The standard InChI is InChI=1S/C27H26N4O/c32-27(28-19-20-9-3-1-4-10-20)22-15-17-31(18-16-22)26-23-13-7-8-14-24(23)29-25(30-26)21-11-5-2-6-12-21/h1-14,22H,15-19H2,(H,28,32). The minimum atomic E-state index is 0.0386. The van der Waals surface area contributed by atoms with E-state index in [9.17, 15) is 4.79 Å². The number of fused-ring (bicyclic) bond motifs is 1. The average Bonchev–Trinajstić information content (AvgIpc) is 2.88. The van der Waals surface area contributed by atoms with Crippen LogP contribution < -0.4 is 10.2 Å². The SMILES string of the molecule is O=C(NCc1ccccc1)C1CCN(c2nc(-c3ccccc3)nc3ccccc23)CC1. The predicted octanol–water partition coefficient (Wildman–Crippen LogP) is 4.83. The van der Waals surface area contributed by atoms with Crippen LogP contribution in [0.2, 0.25) is 0 Å². The highest BCUT2D eigenvalue weighted by molar-refractivity contribution is 5.91. The van der Waals surface area contributed by atoms with Gasteiger partial charge in [0.05, 0.1) is 5.52 Å². The lowest BCUT2D eigenvalue weighted by Gasteiger charge is -2.33. The molecule has 0 radical (unpaired) electrons. The molecule has 0 unspecified atom stereocenters. The maximum Gasteiger partial charge on any atom is 0.223 e. The van der Waals surface area contributed by atoms with Gasteiger partial charge < -0.3 is 10.2 Å². The molecule has 1 saturated heterocycles. The molecule has 1 amide bonds. The van der Waals surface area contributed by atoms with Crippen molar-refractivity contribution in [2.45, 2.75) is 19.4 Å². The average molecular weight is 423 g/mol. The monoisotopic (exact) mass is 422 g/mol. The van der Waals surface area contributed by atoms with Gasteiger partial charge in [0.25, 0.3) is 0 Å². The van der Waals surface area contributed by atoms with Crippen LogP contribution >= 0.6 is 0 Å². The van der Waals surface area contributed by atoms with Gasteiger partial charge >= 0.3 is 0 Å². The highest BCUT2D eigenvalue weighted by atomic mass is 16.1. The molecule has 1 N–H and O–H groups in total. The molecule has 160 valence electrons. The van der Waals surface area contributed by atoms with Gasteiger partial charge in [0.1, 0.15) is 5.82 Å². The largest absolute Gasteiger partial charge is 0.356 e. The quantitative estimate of drug-likeness (QED) is 0.501. The fourth-order valence-electron chi connectivity index (χ4n) is 4.30. The lowest BCUT2D eigenvalue weighted by Crippen LogP contribution is -2.40. The van der Waals surface area contributed by atoms with E-state index in [2.05, 4.69) is 16.3 Å². The van der Waals surface area contributed by atoms with E-state index in [1.165, 1.54) is 0 Å². The smallest absolute Gasteiger partial charge is 0.223 e. The summed E-state index contributed by atoms with van der Waals surface area (Å²) in [4.78, 5) is 24.8. The Morgan fingerprint density at radius 3 is 2.25 bits per heavy atom. The van der Waals surface area contributed by atoms with Crippen LogP contribution in [0.25, 0.3) is 22.3 Å². The van der Waals surface area contributed by atoms with Crippen LogP contribution in [0.15, 0.2) is 84.9 Å². The van der Waals surface area contributed by atoms with Gasteiger partial charge in [0.2, 0.25) is 5.91 Å². The molecule has 0 aliphatic carbocycles. The molecule has 0 bridgehead atoms. The summed E-state index contributed by atoms with van der Waals surface area (Å²) in [6.45, 7) is 2.19. The second-order valence-corrected chi connectivity index (χ2v) is 8.22. The minimum Gasteiger partial charge on any atom is -0.356 e. The summed E-state index contributed by atoms with van der Waals surface area (Å²) in [6.07, 6.45) is 1.64. The Labute approximate surface area is 188 Å². The van der Waals surface area contributed by atoms with Crippen LogP contribution in [0.1, 0.15) is 18.4 Å². The first-order chi connectivity index (χ1) is 15.8. The Morgan fingerprint density at radius 1 is 0.844 bits per heavy atom. The number of hydrogen-bond donors (Lipinski definition) is 1. The second-order valence-electron chi connectivity index (χ2n) is 8.22. The van der Waals surface area contributed by atoms with E-state index in [0.717, 1.165) is 59.6 Å². The molecular weight excluding hydrogens is 396 g/mol. The Hall–Kier alpha value is -3.73. The first-order valence-corrected chi connectivity index (χ1v) is 11.2. The van der Waals surface area contributed by atoms with Crippen LogP contribution in [-0.2, 0) is 11.3 Å². The number of anilines is 1. The normalized spacial score (nSPS) is 14.4. The Balaban J connectivity index is 1.32. The Kier molecular flexibility index (Phi) is 5.79. The summed E-state index contributed by atoms with van der Waals surface area (Å²) in [5, 5.41) is 4.16. The number of amides is 1. The number of hydrogen-bond acceptors (Lipinski definition) is 4. The van der Waals surface area contributed by atoms with Crippen LogP contribution in [0.5, 0.6) is 0 Å². The van der Waals surface area contributed by atoms with E-state index in [0.29, 0.717) is 6.54 Å². The van der Waals surface area contributed by atoms with Gasteiger partial charge in [-0.3, -0.25) is 4.79 Å². The Morgan fingerprint density at radius 2 is 1.50 bits per heavy atom. The van der Waals surface area contributed by atoms with Crippen molar-refractivity contribution in [2.75, 3.05) is 18.0 Å². The maximum absolute atomic E-state index is 12.7. The van der Waals surface area contributed by atoms with Crippen molar-refractivity contribution in [3.63, 3.8) is 0 Å². The fraction of sp³-hybridized carbons (Fsp3) is 0.222. The van der Waals surface area contributed by atoms with Crippen LogP contribution in [-0.4, -0.2) is 29.0 Å². The summed E-state index contributed by atoms with van der Waals surface area (Å²) in [5.74, 6) is 1.88. The number of nitrogens with zero attached hydrogens (tertiary/aromatic N) is 3. The van der Waals surface area contributed by atoms with Gasteiger partial charge in [-0.2, -0.15) is 0 Å². The van der Waals surface area contributed by atoms with Crippen molar-refractivity contribution in [1.29, 1.82) is 0 Å². The molecule has 0 atom stereocenters. The predicted molar refractivity (Wildman–Crippen MR) is 128 cm³/mol. The van der Waals surface area contributed by atoms with E-state index in [1.807, 2.05) is 78.9 Å². The number of nitrogens with one attached hydrogen (secondary N) is 1. The summed E-state index contributed by atoms with van der Waals surface area (Å²) < 4.78 is 0.